The fourth-order valence-corrected chi connectivity index (χ4v) is 2.03. The summed E-state index contributed by atoms with van der Waals surface area (Å²) in [6.45, 7) is 0.0790. The molecule has 2 aromatic rings. The summed E-state index contributed by atoms with van der Waals surface area (Å²) in [6, 6.07) is 7.69. The molecule has 0 spiro atoms. The van der Waals surface area contributed by atoms with Crippen molar-refractivity contribution in [2.75, 3.05) is 6.54 Å². The van der Waals surface area contributed by atoms with Crippen LogP contribution in [0.25, 0.3) is 10.1 Å². The zero-order chi connectivity index (χ0) is 9.26. The van der Waals surface area contributed by atoms with Gasteiger partial charge in [-0.2, -0.15) is 0 Å². The summed E-state index contributed by atoms with van der Waals surface area (Å²) in [5.41, 5.74) is 5.98. The second kappa shape index (κ2) is 3.28. The average molecular weight is 191 g/mol. The molecule has 1 aromatic heterocycles. The Morgan fingerprint density at radius 2 is 2.23 bits per heavy atom. The van der Waals surface area contributed by atoms with Crippen LogP contribution in [-0.4, -0.2) is 12.3 Å². The highest BCUT2D eigenvalue weighted by Crippen LogP contribution is 2.21. The van der Waals surface area contributed by atoms with Gasteiger partial charge in [-0.25, -0.2) is 0 Å². The van der Waals surface area contributed by atoms with Crippen LogP contribution in [0.1, 0.15) is 10.4 Å². The second-order valence-corrected chi connectivity index (χ2v) is 3.75. The van der Waals surface area contributed by atoms with E-state index in [1.165, 1.54) is 4.70 Å². The number of rotatable bonds is 2. The molecule has 13 heavy (non-hydrogen) atoms. The maximum atomic E-state index is 11.3. The second-order valence-electron chi connectivity index (χ2n) is 2.80. The summed E-state index contributed by atoms with van der Waals surface area (Å²) >= 11 is 1.67. The molecule has 0 amide bonds. The molecular formula is C10H9NOS. The summed E-state index contributed by atoms with van der Waals surface area (Å²) in [4.78, 5) is 11.3. The van der Waals surface area contributed by atoms with Crippen molar-refractivity contribution in [3.8, 4) is 0 Å². The Kier molecular flexibility index (Phi) is 2.12. The highest BCUT2D eigenvalue weighted by molar-refractivity contribution is 7.17. The van der Waals surface area contributed by atoms with Crippen molar-refractivity contribution in [2.45, 2.75) is 0 Å². The molecule has 0 atom stereocenters. The Labute approximate surface area is 80.0 Å². The average Bonchev–Trinajstić information content (AvgIpc) is 2.63. The topological polar surface area (TPSA) is 43.1 Å². The highest BCUT2D eigenvalue weighted by atomic mass is 32.1. The number of fused-ring (bicyclic) bond motifs is 1. The molecule has 0 aliphatic rings. The van der Waals surface area contributed by atoms with Gasteiger partial charge < -0.3 is 5.73 Å². The maximum absolute atomic E-state index is 11.3. The van der Waals surface area contributed by atoms with Gasteiger partial charge in [0.1, 0.15) is 0 Å². The summed E-state index contributed by atoms with van der Waals surface area (Å²) in [5.74, 6) is -0.00639. The lowest BCUT2D eigenvalue weighted by Gasteiger charge is -1.96. The van der Waals surface area contributed by atoms with Gasteiger partial charge in [0.15, 0.2) is 5.78 Å². The van der Waals surface area contributed by atoms with Crippen molar-refractivity contribution < 1.29 is 4.79 Å². The van der Waals surface area contributed by atoms with Crippen LogP contribution in [0, 0.1) is 0 Å². The molecule has 2 nitrogen and oxygen atoms in total. The van der Waals surface area contributed by atoms with Crippen molar-refractivity contribution in [3.05, 3.63) is 35.2 Å². The standard InChI is InChI=1S/C10H9NOS/c11-6-9(12)7-1-2-10-8(5-7)3-4-13-10/h1-5H,6,11H2. The van der Waals surface area contributed by atoms with E-state index in [2.05, 4.69) is 0 Å². The number of carbonyl (C=O) groups excluding carboxylic acids is 1. The van der Waals surface area contributed by atoms with E-state index in [0.717, 1.165) is 5.39 Å². The number of hydrogen-bond acceptors (Lipinski definition) is 3. The number of benzene rings is 1. The predicted molar refractivity (Wildman–Crippen MR) is 55.2 cm³/mol. The third-order valence-electron chi connectivity index (χ3n) is 1.96. The fraction of sp³-hybridized carbons (Fsp3) is 0.100. The molecule has 0 aliphatic heterocycles. The predicted octanol–water partition coefficient (Wildman–Crippen LogP) is 2.04. The molecule has 0 aliphatic carbocycles. The fourth-order valence-electron chi connectivity index (χ4n) is 1.26. The van der Waals surface area contributed by atoms with Crippen LogP contribution in [0.2, 0.25) is 0 Å². The molecule has 0 bridgehead atoms. The number of Topliss-reactive ketones (excluding diaryl/α,β-unsaturated/α-hetero) is 1. The van der Waals surface area contributed by atoms with Crippen LogP contribution in [0.15, 0.2) is 29.6 Å². The van der Waals surface area contributed by atoms with Gasteiger partial charge in [-0.05, 0) is 35.0 Å². The molecule has 1 aromatic carbocycles. The Morgan fingerprint density at radius 3 is 3.00 bits per heavy atom. The molecule has 0 radical (unpaired) electrons. The van der Waals surface area contributed by atoms with E-state index in [4.69, 9.17) is 5.73 Å². The molecule has 66 valence electrons. The Hall–Kier alpha value is -1.19. The van der Waals surface area contributed by atoms with Gasteiger partial charge in [0.25, 0.3) is 0 Å². The normalized spacial score (nSPS) is 10.5. The van der Waals surface area contributed by atoms with Crippen molar-refractivity contribution in [3.63, 3.8) is 0 Å². The highest BCUT2D eigenvalue weighted by Gasteiger charge is 2.03. The first-order valence-electron chi connectivity index (χ1n) is 4.02. The van der Waals surface area contributed by atoms with Gasteiger partial charge in [-0.1, -0.05) is 0 Å². The first-order chi connectivity index (χ1) is 6.31. The Bertz CT molecular complexity index is 447. The van der Waals surface area contributed by atoms with Crippen LogP contribution in [0.4, 0.5) is 0 Å². The molecule has 2 N–H and O–H groups in total. The monoisotopic (exact) mass is 191 g/mol. The molecule has 3 heteroatoms. The van der Waals surface area contributed by atoms with Crippen LogP contribution >= 0.6 is 11.3 Å². The van der Waals surface area contributed by atoms with Gasteiger partial charge >= 0.3 is 0 Å². The number of thiophene rings is 1. The first-order valence-corrected chi connectivity index (χ1v) is 4.90. The van der Waals surface area contributed by atoms with E-state index in [1.54, 1.807) is 11.3 Å². The summed E-state index contributed by atoms with van der Waals surface area (Å²) < 4.78 is 1.20. The number of hydrogen-bond donors (Lipinski definition) is 1. The van der Waals surface area contributed by atoms with Crippen LogP contribution < -0.4 is 5.73 Å². The molecule has 0 saturated carbocycles. The quantitative estimate of drug-likeness (QED) is 0.738. The SMILES string of the molecule is NCC(=O)c1ccc2sccc2c1. The Balaban J connectivity index is 2.54. The van der Waals surface area contributed by atoms with Gasteiger partial charge in [0, 0.05) is 10.3 Å². The maximum Gasteiger partial charge on any atom is 0.176 e. The van der Waals surface area contributed by atoms with Gasteiger partial charge in [-0.3, -0.25) is 4.79 Å². The summed E-state index contributed by atoms with van der Waals surface area (Å²) in [5, 5.41) is 3.13. The van der Waals surface area contributed by atoms with E-state index in [1.807, 2.05) is 29.6 Å². The molecule has 0 saturated heterocycles. The van der Waals surface area contributed by atoms with Crippen molar-refractivity contribution in [1.29, 1.82) is 0 Å². The zero-order valence-electron chi connectivity index (χ0n) is 6.99. The lowest BCUT2D eigenvalue weighted by atomic mass is 10.1. The lowest BCUT2D eigenvalue weighted by molar-refractivity contribution is 0.100. The molecule has 2 rings (SSSR count). The van der Waals surface area contributed by atoms with E-state index >= 15 is 0 Å². The van der Waals surface area contributed by atoms with Crippen LogP contribution in [0.3, 0.4) is 0 Å². The number of carbonyl (C=O) groups is 1. The van der Waals surface area contributed by atoms with Crippen molar-refractivity contribution in [2.24, 2.45) is 5.73 Å². The molecule has 1 heterocycles. The smallest absolute Gasteiger partial charge is 0.176 e. The number of ketones is 1. The largest absolute Gasteiger partial charge is 0.324 e. The molecule has 0 fully saturated rings. The number of nitrogens with two attached hydrogens (primary N) is 1. The third kappa shape index (κ3) is 1.48. The van der Waals surface area contributed by atoms with E-state index in [9.17, 15) is 4.79 Å². The van der Waals surface area contributed by atoms with Gasteiger partial charge in [-0.15, -0.1) is 11.3 Å². The van der Waals surface area contributed by atoms with Gasteiger partial charge in [0.05, 0.1) is 6.54 Å². The van der Waals surface area contributed by atoms with E-state index < -0.39 is 0 Å². The minimum absolute atomic E-state index is 0.00639. The minimum atomic E-state index is -0.00639. The van der Waals surface area contributed by atoms with Crippen LogP contribution in [-0.2, 0) is 0 Å². The van der Waals surface area contributed by atoms with Crippen molar-refractivity contribution in [1.82, 2.24) is 0 Å². The molecule has 0 unspecified atom stereocenters. The third-order valence-corrected chi connectivity index (χ3v) is 2.86. The molecular weight excluding hydrogens is 182 g/mol. The first kappa shape index (κ1) is 8.41. The Morgan fingerprint density at radius 1 is 1.38 bits per heavy atom. The minimum Gasteiger partial charge on any atom is -0.324 e. The lowest BCUT2D eigenvalue weighted by Crippen LogP contribution is -2.13. The van der Waals surface area contributed by atoms with E-state index in [0.29, 0.717) is 5.56 Å². The van der Waals surface area contributed by atoms with Crippen molar-refractivity contribution >= 4 is 27.2 Å². The van der Waals surface area contributed by atoms with Gasteiger partial charge in [0.2, 0.25) is 0 Å². The summed E-state index contributed by atoms with van der Waals surface area (Å²) in [6.07, 6.45) is 0. The zero-order valence-corrected chi connectivity index (χ0v) is 7.80. The van der Waals surface area contributed by atoms with Crippen LogP contribution in [0.5, 0.6) is 0 Å². The van der Waals surface area contributed by atoms with E-state index in [-0.39, 0.29) is 12.3 Å². The summed E-state index contributed by atoms with van der Waals surface area (Å²) in [7, 11) is 0.